The van der Waals surface area contributed by atoms with Crippen molar-refractivity contribution in [2.75, 3.05) is 0 Å². The zero-order chi connectivity index (χ0) is 27.1. The number of fused-ring (bicyclic) bond motifs is 3. The summed E-state index contributed by atoms with van der Waals surface area (Å²) in [7, 11) is 0. The second-order valence-corrected chi connectivity index (χ2v) is 10.1. The molecule has 0 fully saturated rings. The van der Waals surface area contributed by atoms with Crippen LogP contribution in [0.4, 0.5) is 0 Å². The van der Waals surface area contributed by atoms with E-state index < -0.39 is 0 Å². The molecule has 190 valence electrons. The molecule has 0 unspecified atom stereocenters. The van der Waals surface area contributed by atoms with E-state index in [9.17, 15) is 0 Å². The van der Waals surface area contributed by atoms with Crippen molar-refractivity contribution >= 4 is 44.6 Å². The second kappa shape index (κ2) is 9.87. The first-order valence-electron chi connectivity index (χ1n) is 13.8. The zero-order valence-electron chi connectivity index (χ0n) is 22.5. The van der Waals surface area contributed by atoms with Gasteiger partial charge in [0.25, 0.3) is 0 Å². The monoisotopic (exact) mass is 511 g/mol. The lowest BCUT2D eigenvalue weighted by atomic mass is 9.86. The molecule has 6 aromatic carbocycles. The Kier molecular flexibility index (Phi) is 5.91. The van der Waals surface area contributed by atoms with Gasteiger partial charge in [-0.2, -0.15) is 0 Å². The first-order valence-corrected chi connectivity index (χ1v) is 13.8. The van der Waals surface area contributed by atoms with Crippen LogP contribution in [0, 0.1) is 0 Å². The van der Waals surface area contributed by atoms with Gasteiger partial charge in [-0.3, -0.25) is 0 Å². The molecular formula is C39H29N. The predicted molar refractivity (Wildman–Crippen MR) is 174 cm³/mol. The molecule has 0 aliphatic carbocycles. The van der Waals surface area contributed by atoms with E-state index in [0.717, 1.165) is 11.4 Å². The molecule has 1 aromatic heterocycles. The Morgan fingerprint density at radius 3 is 1.62 bits per heavy atom. The minimum Gasteiger partial charge on any atom is -0.309 e. The Morgan fingerprint density at radius 2 is 1.07 bits per heavy atom. The average Bonchev–Trinajstić information content (AvgIpc) is 3.33. The van der Waals surface area contributed by atoms with Gasteiger partial charge in [0, 0.05) is 16.6 Å². The van der Waals surface area contributed by atoms with Crippen LogP contribution in [0.3, 0.4) is 0 Å². The lowest BCUT2D eigenvalue weighted by Gasteiger charge is -2.18. The fourth-order valence-electron chi connectivity index (χ4n) is 6.24. The molecule has 0 saturated heterocycles. The lowest BCUT2D eigenvalue weighted by Crippen LogP contribution is -1.97. The summed E-state index contributed by atoms with van der Waals surface area (Å²) in [6.45, 7) is 6.27. The van der Waals surface area contributed by atoms with Crippen LogP contribution in [0.1, 0.15) is 18.2 Å². The number of para-hydroxylation sites is 1. The average molecular weight is 512 g/mol. The van der Waals surface area contributed by atoms with Gasteiger partial charge in [0.15, 0.2) is 0 Å². The SMILES string of the molecule is C=Cc1c(/C=C\C)c2ccc(-c3c4ccccc4c(-c4ccccc4)c4ccccc34)cc2n1-c1ccccc1. The molecule has 0 aliphatic rings. The van der Waals surface area contributed by atoms with Crippen LogP contribution in [-0.2, 0) is 0 Å². The molecule has 0 aliphatic heterocycles. The number of benzene rings is 6. The van der Waals surface area contributed by atoms with Gasteiger partial charge in [-0.25, -0.2) is 0 Å². The maximum absolute atomic E-state index is 4.20. The number of aromatic nitrogens is 1. The quantitative estimate of drug-likeness (QED) is 0.203. The highest BCUT2D eigenvalue weighted by molar-refractivity contribution is 6.21. The third-order valence-corrected chi connectivity index (χ3v) is 7.87. The highest BCUT2D eigenvalue weighted by Crippen LogP contribution is 2.44. The molecule has 0 amide bonds. The highest BCUT2D eigenvalue weighted by Gasteiger charge is 2.19. The van der Waals surface area contributed by atoms with Gasteiger partial charge >= 0.3 is 0 Å². The van der Waals surface area contributed by atoms with Crippen molar-refractivity contribution in [3.05, 3.63) is 151 Å². The Labute approximate surface area is 235 Å². The number of hydrogen-bond donors (Lipinski definition) is 0. The van der Waals surface area contributed by atoms with E-state index >= 15 is 0 Å². The fraction of sp³-hybridized carbons (Fsp3) is 0.0256. The molecule has 0 radical (unpaired) electrons. The van der Waals surface area contributed by atoms with Crippen molar-refractivity contribution in [2.24, 2.45) is 0 Å². The fourth-order valence-corrected chi connectivity index (χ4v) is 6.24. The van der Waals surface area contributed by atoms with Gasteiger partial charge in [0.2, 0.25) is 0 Å². The van der Waals surface area contributed by atoms with E-state index in [1.807, 2.05) is 6.08 Å². The van der Waals surface area contributed by atoms with Gasteiger partial charge in [0.05, 0.1) is 11.2 Å². The number of rotatable bonds is 5. The van der Waals surface area contributed by atoms with Gasteiger partial charge < -0.3 is 4.57 Å². The second-order valence-electron chi connectivity index (χ2n) is 10.1. The van der Waals surface area contributed by atoms with Crippen LogP contribution in [0.15, 0.2) is 140 Å². The van der Waals surface area contributed by atoms with Crippen molar-refractivity contribution in [3.63, 3.8) is 0 Å². The molecule has 0 N–H and O–H groups in total. The lowest BCUT2D eigenvalue weighted by molar-refractivity contribution is 1.11. The molecular weight excluding hydrogens is 482 g/mol. The van der Waals surface area contributed by atoms with Gasteiger partial charge in [-0.15, -0.1) is 0 Å². The minimum atomic E-state index is 1.10. The molecule has 0 atom stereocenters. The standard InChI is InChI=1S/C39H29N/c1-3-15-30-31-25-24-28(26-37(31)40(36(30)4-2)29-18-9-6-10-19-29)39-34-22-13-11-20-32(34)38(27-16-7-5-8-17-27)33-21-12-14-23-35(33)39/h3-26H,2H2,1H3/b15-3-. The van der Waals surface area contributed by atoms with Crippen molar-refractivity contribution < 1.29 is 0 Å². The Balaban J connectivity index is 1.61. The summed E-state index contributed by atoms with van der Waals surface area (Å²) in [5.74, 6) is 0. The van der Waals surface area contributed by atoms with Crippen LogP contribution in [0.2, 0.25) is 0 Å². The predicted octanol–water partition coefficient (Wildman–Crippen LogP) is 10.9. The summed E-state index contributed by atoms with van der Waals surface area (Å²) in [4.78, 5) is 0. The first kappa shape index (κ1) is 23.9. The molecule has 0 bridgehead atoms. The number of allylic oxidation sites excluding steroid dienone is 1. The summed E-state index contributed by atoms with van der Waals surface area (Å²) in [5.41, 5.74) is 9.59. The zero-order valence-corrected chi connectivity index (χ0v) is 22.5. The maximum Gasteiger partial charge on any atom is 0.0547 e. The van der Waals surface area contributed by atoms with Crippen molar-refractivity contribution in [1.82, 2.24) is 4.57 Å². The Morgan fingerprint density at radius 1 is 0.550 bits per heavy atom. The van der Waals surface area contributed by atoms with E-state index in [0.29, 0.717) is 0 Å². The molecule has 7 rings (SSSR count). The van der Waals surface area contributed by atoms with Crippen LogP contribution in [0.25, 0.3) is 72.5 Å². The normalized spacial score (nSPS) is 11.6. The van der Waals surface area contributed by atoms with Gasteiger partial charge in [-0.1, -0.05) is 128 Å². The molecule has 40 heavy (non-hydrogen) atoms. The summed E-state index contributed by atoms with van der Waals surface area (Å²) in [5, 5.41) is 6.27. The molecule has 1 heteroatoms. The van der Waals surface area contributed by atoms with E-state index in [-0.39, 0.29) is 0 Å². The highest BCUT2D eigenvalue weighted by atomic mass is 15.0. The van der Waals surface area contributed by atoms with Gasteiger partial charge in [-0.05, 0) is 75.0 Å². The van der Waals surface area contributed by atoms with Crippen molar-refractivity contribution in [3.8, 4) is 27.9 Å². The van der Waals surface area contributed by atoms with Crippen LogP contribution >= 0.6 is 0 Å². The molecule has 0 spiro atoms. The van der Waals surface area contributed by atoms with Crippen LogP contribution < -0.4 is 0 Å². The largest absolute Gasteiger partial charge is 0.309 e. The third kappa shape index (κ3) is 3.71. The van der Waals surface area contributed by atoms with Crippen molar-refractivity contribution in [1.29, 1.82) is 0 Å². The van der Waals surface area contributed by atoms with Crippen molar-refractivity contribution in [2.45, 2.75) is 6.92 Å². The molecule has 1 heterocycles. The first-order chi connectivity index (χ1) is 19.8. The Hall–Kier alpha value is -5.14. The molecule has 0 saturated carbocycles. The summed E-state index contributed by atoms with van der Waals surface area (Å²) < 4.78 is 2.34. The van der Waals surface area contributed by atoms with E-state index in [1.54, 1.807) is 0 Å². The topological polar surface area (TPSA) is 4.93 Å². The van der Waals surface area contributed by atoms with E-state index in [2.05, 4.69) is 158 Å². The maximum atomic E-state index is 4.20. The van der Waals surface area contributed by atoms with E-state index in [1.165, 1.54) is 60.3 Å². The summed E-state index contributed by atoms with van der Waals surface area (Å²) in [6.07, 6.45) is 6.27. The van der Waals surface area contributed by atoms with E-state index in [4.69, 9.17) is 0 Å². The molecule has 7 aromatic rings. The Bertz CT molecular complexity index is 2000. The third-order valence-electron chi connectivity index (χ3n) is 7.87. The van der Waals surface area contributed by atoms with Crippen LogP contribution in [-0.4, -0.2) is 4.57 Å². The number of hydrogen-bond acceptors (Lipinski definition) is 0. The summed E-state index contributed by atoms with van der Waals surface area (Å²) in [6, 6.07) is 45.9. The summed E-state index contributed by atoms with van der Waals surface area (Å²) >= 11 is 0. The number of nitrogens with zero attached hydrogens (tertiary/aromatic N) is 1. The van der Waals surface area contributed by atoms with Gasteiger partial charge in [0.1, 0.15) is 0 Å². The smallest absolute Gasteiger partial charge is 0.0547 e. The van der Waals surface area contributed by atoms with Crippen LogP contribution in [0.5, 0.6) is 0 Å². The molecule has 1 nitrogen and oxygen atoms in total. The minimum absolute atomic E-state index is 1.10.